The lowest BCUT2D eigenvalue weighted by Crippen LogP contribution is -2.24. The summed E-state index contributed by atoms with van der Waals surface area (Å²) < 4.78 is 27.3. The normalized spacial score (nSPS) is 24.6. The molecule has 1 saturated carbocycles. The van der Waals surface area contributed by atoms with Gasteiger partial charge in [-0.1, -0.05) is 38.7 Å². The molecule has 1 aliphatic carbocycles. The molecule has 20 heavy (non-hydrogen) atoms. The number of hydrogen-bond donors (Lipinski definition) is 1. The number of nitrogens with one attached hydrogen (secondary N) is 1. The SMILES string of the molecule is CC1CCC(CCNC(C)c2c(F)cccc2F)CC1. The molecule has 0 amide bonds. The Morgan fingerprint density at radius 1 is 1.15 bits per heavy atom. The highest BCUT2D eigenvalue weighted by atomic mass is 19.1. The quantitative estimate of drug-likeness (QED) is 0.815. The van der Waals surface area contributed by atoms with Crippen molar-refractivity contribution in [3.05, 3.63) is 35.4 Å². The van der Waals surface area contributed by atoms with E-state index in [1.807, 2.05) is 6.92 Å². The van der Waals surface area contributed by atoms with Crippen molar-refractivity contribution in [3.8, 4) is 0 Å². The molecule has 3 heteroatoms. The minimum atomic E-state index is -0.462. The first-order valence-electron chi connectivity index (χ1n) is 7.75. The maximum absolute atomic E-state index is 13.6. The standard InChI is InChI=1S/C17H25F2N/c1-12-6-8-14(9-7-12)10-11-20-13(2)17-15(18)4-3-5-16(17)19/h3-5,12-14,20H,6-11H2,1-2H3. The molecular weight excluding hydrogens is 256 g/mol. The maximum Gasteiger partial charge on any atom is 0.130 e. The average Bonchev–Trinajstić information content (AvgIpc) is 2.41. The molecule has 0 aliphatic heterocycles. The summed E-state index contributed by atoms with van der Waals surface area (Å²) in [6, 6.07) is 3.76. The number of halogens is 2. The van der Waals surface area contributed by atoms with E-state index < -0.39 is 11.6 Å². The molecule has 1 aromatic rings. The molecule has 112 valence electrons. The van der Waals surface area contributed by atoms with E-state index in [1.54, 1.807) is 0 Å². The molecule has 0 spiro atoms. The van der Waals surface area contributed by atoms with Gasteiger partial charge in [0.15, 0.2) is 0 Å². The molecule has 1 atom stereocenters. The van der Waals surface area contributed by atoms with E-state index in [9.17, 15) is 8.78 Å². The van der Waals surface area contributed by atoms with E-state index >= 15 is 0 Å². The third-order valence-electron chi connectivity index (χ3n) is 4.57. The zero-order chi connectivity index (χ0) is 14.5. The number of rotatable bonds is 5. The molecule has 1 fully saturated rings. The van der Waals surface area contributed by atoms with Gasteiger partial charge in [-0.2, -0.15) is 0 Å². The second-order valence-electron chi connectivity index (χ2n) is 6.23. The third-order valence-corrected chi connectivity index (χ3v) is 4.57. The summed E-state index contributed by atoms with van der Waals surface area (Å²) >= 11 is 0. The summed E-state index contributed by atoms with van der Waals surface area (Å²) in [4.78, 5) is 0. The number of hydrogen-bond acceptors (Lipinski definition) is 1. The fourth-order valence-corrected chi connectivity index (χ4v) is 3.15. The molecule has 1 unspecified atom stereocenters. The lowest BCUT2D eigenvalue weighted by atomic mass is 9.81. The fraction of sp³-hybridized carbons (Fsp3) is 0.647. The van der Waals surface area contributed by atoms with Crippen molar-refractivity contribution in [2.75, 3.05) is 6.54 Å². The smallest absolute Gasteiger partial charge is 0.130 e. The van der Waals surface area contributed by atoms with Crippen LogP contribution in [0, 0.1) is 23.5 Å². The summed E-state index contributed by atoms with van der Waals surface area (Å²) in [7, 11) is 0. The molecule has 1 aliphatic rings. The molecule has 0 saturated heterocycles. The molecule has 2 rings (SSSR count). The van der Waals surface area contributed by atoms with Gasteiger partial charge in [-0.15, -0.1) is 0 Å². The van der Waals surface area contributed by atoms with Crippen LogP contribution in [0.5, 0.6) is 0 Å². The van der Waals surface area contributed by atoms with Gasteiger partial charge < -0.3 is 5.32 Å². The zero-order valence-corrected chi connectivity index (χ0v) is 12.5. The first-order chi connectivity index (χ1) is 9.58. The van der Waals surface area contributed by atoms with Crippen LogP contribution in [0.3, 0.4) is 0 Å². The van der Waals surface area contributed by atoms with Gasteiger partial charge in [-0.25, -0.2) is 8.78 Å². The van der Waals surface area contributed by atoms with Crippen LogP contribution in [-0.2, 0) is 0 Å². The highest BCUT2D eigenvalue weighted by Gasteiger charge is 2.19. The molecule has 0 heterocycles. The van der Waals surface area contributed by atoms with Crippen molar-refractivity contribution in [3.63, 3.8) is 0 Å². The average molecular weight is 281 g/mol. The summed E-state index contributed by atoms with van der Waals surface area (Å²) in [5.41, 5.74) is 0.157. The topological polar surface area (TPSA) is 12.0 Å². The summed E-state index contributed by atoms with van der Waals surface area (Å²) in [5.74, 6) is 0.718. The Morgan fingerprint density at radius 2 is 1.75 bits per heavy atom. The highest BCUT2D eigenvalue weighted by molar-refractivity contribution is 5.22. The number of benzene rings is 1. The zero-order valence-electron chi connectivity index (χ0n) is 12.5. The van der Waals surface area contributed by atoms with Gasteiger partial charge in [0.25, 0.3) is 0 Å². The molecule has 0 radical (unpaired) electrons. The Hall–Kier alpha value is -0.960. The molecule has 1 N–H and O–H groups in total. The van der Waals surface area contributed by atoms with Crippen LogP contribution in [-0.4, -0.2) is 6.54 Å². The lowest BCUT2D eigenvalue weighted by molar-refractivity contribution is 0.272. The monoisotopic (exact) mass is 281 g/mol. The van der Waals surface area contributed by atoms with E-state index in [4.69, 9.17) is 0 Å². The van der Waals surface area contributed by atoms with Crippen LogP contribution in [0.15, 0.2) is 18.2 Å². The predicted molar refractivity (Wildman–Crippen MR) is 78.5 cm³/mol. The predicted octanol–water partition coefficient (Wildman–Crippen LogP) is 4.83. The van der Waals surface area contributed by atoms with Crippen LogP contribution >= 0.6 is 0 Å². The minimum Gasteiger partial charge on any atom is -0.310 e. The van der Waals surface area contributed by atoms with Gasteiger partial charge >= 0.3 is 0 Å². The molecule has 0 bridgehead atoms. The van der Waals surface area contributed by atoms with Gasteiger partial charge in [0.2, 0.25) is 0 Å². The Bertz CT molecular complexity index is 405. The highest BCUT2D eigenvalue weighted by Crippen LogP contribution is 2.30. The summed E-state index contributed by atoms with van der Waals surface area (Å²) in [6.45, 7) is 4.97. The largest absolute Gasteiger partial charge is 0.310 e. The molecule has 1 aromatic carbocycles. The van der Waals surface area contributed by atoms with Crippen LogP contribution in [0.25, 0.3) is 0 Å². The second kappa shape index (κ2) is 7.16. The van der Waals surface area contributed by atoms with E-state index in [0.29, 0.717) is 0 Å². The van der Waals surface area contributed by atoms with Gasteiger partial charge in [0, 0.05) is 11.6 Å². The van der Waals surface area contributed by atoms with Crippen molar-refractivity contribution in [2.24, 2.45) is 11.8 Å². The molecular formula is C17H25F2N. The van der Waals surface area contributed by atoms with E-state index in [1.165, 1.54) is 43.9 Å². The molecule has 0 aromatic heterocycles. The Morgan fingerprint density at radius 3 is 2.35 bits per heavy atom. The van der Waals surface area contributed by atoms with Gasteiger partial charge in [-0.05, 0) is 43.9 Å². The lowest BCUT2D eigenvalue weighted by Gasteiger charge is -2.26. The third kappa shape index (κ3) is 4.02. The first-order valence-corrected chi connectivity index (χ1v) is 7.75. The summed E-state index contributed by atoms with van der Waals surface area (Å²) in [5, 5.41) is 3.26. The summed E-state index contributed by atoms with van der Waals surface area (Å²) in [6.07, 6.45) is 6.34. The van der Waals surface area contributed by atoms with Gasteiger partial charge in [0.1, 0.15) is 11.6 Å². The minimum absolute atomic E-state index is 0.157. The van der Waals surface area contributed by atoms with Crippen molar-refractivity contribution in [2.45, 2.75) is 52.0 Å². The van der Waals surface area contributed by atoms with Crippen molar-refractivity contribution in [1.82, 2.24) is 5.32 Å². The van der Waals surface area contributed by atoms with Crippen molar-refractivity contribution < 1.29 is 8.78 Å². The van der Waals surface area contributed by atoms with Crippen LogP contribution in [0.2, 0.25) is 0 Å². The van der Waals surface area contributed by atoms with Gasteiger partial charge in [-0.3, -0.25) is 0 Å². The van der Waals surface area contributed by atoms with E-state index in [0.717, 1.165) is 24.8 Å². The van der Waals surface area contributed by atoms with Crippen molar-refractivity contribution in [1.29, 1.82) is 0 Å². The molecule has 1 nitrogen and oxygen atoms in total. The van der Waals surface area contributed by atoms with Crippen LogP contribution in [0.1, 0.15) is 57.6 Å². The van der Waals surface area contributed by atoms with Crippen LogP contribution in [0.4, 0.5) is 8.78 Å². The Balaban J connectivity index is 1.79. The Kier molecular flexibility index (Phi) is 5.53. The first kappa shape index (κ1) is 15.4. The van der Waals surface area contributed by atoms with E-state index in [2.05, 4.69) is 12.2 Å². The maximum atomic E-state index is 13.6. The Labute approximate surface area is 120 Å². The van der Waals surface area contributed by atoms with Crippen LogP contribution < -0.4 is 5.32 Å². The van der Waals surface area contributed by atoms with E-state index in [-0.39, 0.29) is 11.6 Å². The second-order valence-corrected chi connectivity index (χ2v) is 6.23. The van der Waals surface area contributed by atoms with Crippen molar-refractivity contribution >= 4 is 0 Å². The van der Waals surface area contributed by atoms with Gasteiger partial charge in [0.05, 0.1) is 0 Å². The fourth-order valence-electron chi connectivity index (χ4n) is 3.15.